The van der Waals surface area contributed by atoms with E-state index in [0.717, 1.165) is 36.4 Å². The molecule has 0 saturated heterocycles. The fourth-order valence-corrected chi connectivity index (χ4v) is 2.07. The van der Waals surface area contributed by atoms with Crippen molar-refractivity contribution < 1.29 is 35.5 Å². The van der Waals surface area contributed by atoms with Gasteiger partial charge >= 0.3 is 12.5 Å². The summed E-state index contributed by atoms with van der Waals surface area (Å²) in [6.45, 7) is 0. The number of halogens is 7. The fraction of sp³-hybridized carbons (Fsp3) is 0.200. The highest BCUT2D eigenvalue weighted by atomic mass is 19.4. The third kappa shape index (κ3) is 4.16. The molecule has 0 aliphatic carbocycles. The van der Waals surface area contributed by atoms with Gasteiger partial charge in [0.1, 0.15) is 11.6 Å². The molecule has 0 heterocycles. The smallest absolute Gasteiger partial charge is 0.406 e. The normalized spacial score (nSPS) is 13.7. The number of hydrogen-bond acceptors (Lipinski definition) is 2. The van der Waals surface area contributed by atoms with Crippen LogP contribution >= 0.6 is 0 Å². The monoisotopic (exact) mass is 353 g/mol. The van der Waals surface area contributed by atoms with Crippen molar-refractivity contribution in [3.05, 3.63) is 65.0 Å². The van der Waals surface area contributed by atoms with E-state index >= 15 is 0 Å². The fourth-order valence-electron chi connectivity index (χ4n) is 2.07. The van der Waals surface area contributed by atoms with E-state index in [9.17, 15) is 30.7 Å². The van der Waals surface area contributed by atoms with E-state index in [0.29, 0.717) is 6.07 Å². The van der Waals surface area contributed by atoms with Gasteiger partial charge in [-0.3, -0.25) is 0 Å². The number of rotatable bonds is 3. The molecule has 0 spiro atoms. The molecule has 2 rings (SSSR count). The summed E-state index contributed by atoms with van der Waals surface area (Å²) in [4.78, 5) is 0. The molecule has 0 saturated carbocycles. The second kappa shape index (κ2) is 6.31. The maximum Gasteiger partial charge on any atom is 0.573 e. The molecule has 0 aromatic heterocycles. The maximum atomic E-state index is 14.0. The molecule has 24 heavy (non-hydrogen) atoms. The van der Waals surface area contributed by atoms with Crippen molar-refractivity contribution in [3.8, 4) is 5.75 Å². The second-order valence-electron chi connectivity index (χ2n) is 4.80. The van der Waals surface area contributed by atoms with E-state index in [1.165, 1.54) is 0 Å². The van der Waals surface area contributed by atoms with Gasteiger partial charge in [0.25, 0.3) is 0 Å². The van der Waals surface area contributed by atoms with Crippen molar-refractivity contribution in [3.63, 3.8) is 0 Å². The Morgan fingerprint density at radius 3 is 1.96 bits per heavy atom. The standard InChI is InChI=1S/C15H10F7NO/c16-12-10(2-1-3-11(12)14(17,18)19)13(23)8-4-6-9(7-5-8)24-15(20,21)22/h1-7,13H,23H2/t13-/m0/s1. The molecule has 0 unspecified atom stereocenters. The van der Waals surface area contributed by atoms with Gasteiger partial charge in [-0.2, -0.15) is 13.2 Å². The van der Waals surface area contributed by atoms with Crippen molar-refractivity contribution in [1.29, 1.82) is 0 Å². The van der Waals surface area contributed by atoms with E-state index in [1.54, 1.807) is 0 Å². The van der Waals surface area contributed by atoms with Gasteiger partial charge in [-0.1, -0.05) is 24.3 Å². The highest BCUT2D eigenvalue weighted by Crippen LogP contribution is 2.35. The van der Waals surface area contributed by atoms with Crippen LogP contribution in [0.2, 0.25) is 0 Å². The summed E-state index contributed by atoms with van der Waals surface area (Å²) in [6, 6.07) is 5.48. The average molecular weight is 353 g/mol. The molecule has 2 N–H and O–H groups in total. The Kier molecular flexibility index (Phi) is 4.75. The van der Waals surface area contributed by atoms with Gasteiger partial charge in [0.05, 0.1) is 11.6 Å². The largest absolute Gasteiger partial charge is 0.573 e. The third-order valence-corrected chi connectivity index (χ3v) is 3.14. The molecule has 1 atom stereocenters. The van der Waals surface area contributed by atoms with Crippen LogP contribution < -0.4 is 10.5 Å². The van der Waals surface area contributed by atoms with Crippen LogP contribution in [-0.4, -0.2) is 6.36 Å². The first-order valence-corrected chi connectivity index (χ1v) is 6.46. The van der Waals surface area contributed by atoms with Crippen molar-refractivity contribution in [1.82, 2.24) is 0 Å². The molecule has 2 aromatic rings. The lowest BCUT2D eigenvalue weighted by Gasteiger charge is -2.17. The molecular weight excluding hydrogens is 343 g/mol. The summed E-state index contributed by atoms with van der Waals surface area (Å²) in [5, 5.41) is 0. The Bertz CT molecular complexity index is 707. The Morgan fingerprint density at radius 1 is 0.875 bits per heavy atom. The number of alkyl halides is 6. The molecule has 0 aliphatic heterocycles. The van der Waals surface area contributed by atoms with Gasteiger partial charge in [0.15, 0.2) is 0 Å². The number of benzene rings is 2. The summed E-state index contributed by atoms with van der Waals surface area (Å²) in [5.41, 5.74) is 3.98. The van der Waals surface area contributed by atoms with E-state index < -0.39 is 41.3 Å². The second-order valence-corrected chi connectivity index (χ2v) is 4.80. The van der Waals surface area contributed by atoms with Crippen LogP contribution in [0.15, 0.2) is 42.5 Å². The lowest BCUT2D eigenvalue weighted by atomic mass is 9.97. The van der Waals surface area contributed by atoms with Crippen molar-refractivity contribution in [2.45, 2.75) is 18.6 Å². The topological polar surface area (TPSA) is 35.2 Å². The Hall–Kier alpha value is -2.29. The third-order valence-electron chi connectivity index (χ3n) is 3.14. The number of ether oxygens (including phenoxy) is 1. The van der Waals surface area contributed by atoms with E-state index in [4.69, 9.17) is 5.73 Å². The van der Waals surface area contributed by atoms with Crippen molar-refractivity contribution in [2.24, 2.45) is 5.73 Å². The first-order chi connectivity index (χ1) is 11.0. The molecule has 2 nitrogen and oxygen atoms in total. The van der Waals surface area contributed by atoms with Crippen molar-refractivity contribution in [2.75, 3.05) is 0 Å². The predicted octanol–water partition coefficient (Wildman–Crippen LogP) is 4.79. The molecular formula is C15H10F7NO. The lowest BCUT2D eigenvalue weighted by molar-refractivity contribution is -0.274. The van der Waals surface area contributed by atoms with Crippen LogP contribution in [0.25, 0.3) is 0 Å². The minimum Gasteiger partial charge on any atom is -0.406 e. The van der Waals surface area contributed by atoms with Crippen LogP contribution in [-0.2, 0) is 6.18 Å². The summed E-state index contributed by atoms with van der Waals surface area (Å²) >= 11 is 0. The molecule has 130 valence electrons. The predicted molar refractivity (Wildman–Crippen MR) is 70.6 cm³/mol. The zero-order chi connectivity index (χ0) is 18.1. The number of nitrogens with two attached hydrogens (primary N) is 1. The van der Waals surface area contributed by atoms with Gasteiger partial charge < -0.3 is 10.5 Å². The highest BCUT2D eigenvalue weighted by molar-refractivity contribution is 5.38. The van der Waals surface area contributed by atoms with Crippen LogP contribution in [0.4, 0.5) is 30.7 Å². The summed E-state index contributed by atoms with van der Waals surface area (Å²) < 4.78 is 92.0. The zero-order valence-electron chi connectivity index (χ0n) is 11.8. The zero-order valence-corrected chi connectivity index (χ0v) is 11.8. The van der Waals surface area contributed by atoms with Crippen LogP contribution in [0.5, 0.6) is 5.75 Å². The maximum absolute atomic E-state index is 14.0. The van der Waals surface area contributed by atoms with Crippen LogP contribution in [0, 0.1) is 5.82 Å². The minimum atomic E-state index is -4.88. The summed E-state index contributed by atoms with van der Waals surface area (Å²) in [7, 11) is 0. The Morgan fingerprint density at radius 2 is 1.46 bits per heavy atom. The van der Waals surface area contributed by atoms with Crippen LogP contribution in [0.1, 0.15) is 22.7 Å². The molecule has 0 bridgehead atoms. The van der Waals surface area contributed by atoms with E-state index in [1.807, 2.05) is 0 Å². The highest BCUT2D eigenvalue weighted by Gasteiger charge is 2.35. The van der Waals surface area contributed by atoms with E-state index in [-0.39, 0.29) is 5.56 Å². The minimum absolute atomic E-state index is 0.128. The first kappa shape index (κ1) is 18.1. The molecule has 0 amide bonds. The molecule has 2 aromatic carbocycles. The van der Waals surface area contributed by atoms with Gasteiger partial charge in [-0.05, 0) is 23.8 Å². The quantitative estimate of drug-likeness (QED) is 0.805. The van der Waals surface area contributed by atoms with Gasteiger partial charge in [-0.25, -0.2) is 4.39 Å². The molecule has 9 heteroatoms. The van der Waals surface area contributed by atoms with Gasteiger partial charge in [0.2, 0.25) is 0 Å². The van der Waals surface area contributed by atoms with Gasteiger partial charge in [0, 0.05) is 5.56 Å². The summed E-state index contributed by atoms with van der Waals surface area (Å²) in [5.74, 6) is -2.05. The Labute approximate surface area is 131 Å². The molecule has 0 fully saturated rings. The summed E-state index contributed by atoms with van der Waals surface area (Å²) in [6.07, 6.45) is -9.76. The Balaban J connectivity index is 2.31. The lowest BCUT2D eigenvalue weighted by Crippen LogP contribution is -2.18. The van der Waals surface area contributed by atoms with Crippen molar-refractivity contribution >= 4 is 0 Å². The average Bonchev–Trinajstić information content (AvgIpc) is 2.44. The molecule has 0 aliphatic rings. The van der Waals surface area contributed by atoms with E-state index in [2.05, 4.69) is 4.74 Å². The number of hydrogen-bond donors (Lipinski definition) is 1. The first-order valence-electron chi connectivity index (χ1n) is 6.46. The molecule has 0 radical (unpaired) electrons. The SMILES string of the molecule is N[C@@H](c1ccc(OC(F)(F)F)cc1)c1cccc(C(F)(F)F)c1F. The van der Waals surface area contributed by atoms with Gasteiger partial charge in [-0.15, -0.1) is 13.2 Å². The van der Waals surface area contributed by atoms with Crippen LogP contribution in [0.3, 0.4) is 0 Å².